The summed E-state index contributed by atoms with van der Waals surface area (Å²) in [7, 11) is 0. The van der Waals surface area contributed by atoms with Crippen LogP contribution in [0.1, 0.15) is 47.0 Å². The van der Waals surface area contributed by atoms with Gasteiger partial charge < -0.3 is 5.73 Å². The Bertz CT molecular complexity index is 267. The van der Waals surface area contributed by atoms with Gasteiger partial charge in [0, 0.05) is 5.54 Å². The molecule has 0 aromatic heterocycles. The van der Waals surface area contributed by atoms with Gasteiger partial charge in [-0.1, -0.05) is 25.5 Å². The van der Waals surface area contributed by atoms with Crippen LogP contribution < -0.4 is 5.73 Å². The molecule has 2 N–H and O–H groups in total. The van der Waals surface area contributed by atoms with E-state index in [2.05, 4.69) is 33.8 Å². The van der Waals surface area contributed by atoms with Crippen molar-refractivity contribution in [2.75, 3.05) is 0 Å². The van der Waals surface area contributed by atoms with Crippen molar-refractivity contribution in [3.63, 3.8) is 0 Å². The van der Waals surface area contributed by atoms with Crippen molar-refractivity contribution in [1.29, 1.82) is 0 Å². The van der Waals surface area contributed by atoms with Crippen LogP contribution in [0.15, 0.2) is 11.6 Å². The summed E-state index contributed by atoms with van der Waals surface area (Å²) in [5, 5.41) is 0. The fourth-order valence-corrected chi connectivity index (χ4v) is 3.20. The lowest BCUT2D eigenvalue weighted by Gasteiger charge is -2.57. The fourth-order valence-electron chi connectivity index (χ4n) is 3.20. The van der Waals surface area contributed by atoms with Gasteiger partial charge in [0.1, 0.15) is 0 Å². The second-order valence-electron chi connectivity index (χ2n) is 6.49. The van der Waals surface area contributed by atoms with Crippen molar-refractivity contribution >= 4 is 0 Å². The van der Waals surface area contributed by atoms with Crippen molar-refractivity contribution in [3.05, 3.63) is 11.6 Å². The Labute approximate surface area is 87.8 Å². The monoisotopic (exact) mass is 193 g/mol. The van der Waals surface area contributed by atoms with Gasteiger partial charge in [-0.3, -0.25) is 0 Å². The lowest BCUT2D eigenvalue weighted by molar-refractivity contribution is -0.00963. The molecule has 14 heavy (non-hydrogen) atoms. The van der Waals surface area contributed by atoms with Crippen LogP contribution in [0.4, 0.5) is 0 Å². The Morgan fingerprint density at radius 3 is 2.57 bits per heavy atom. The average molecular weight is 193 g/mol. The van der Waals surface area contributed by atoms with Crippen molar-refractivity contribution in [1.82, 2.24) is 0 Å². The molecule has 0 aromatic carbocycles. The summed E-state index contributed by atoms with van der Waals surface area (Å²) < 4.78 is 0. The second-order valence-corrected chi connectivity index (χ2v) is 6.49. The molecule has 1 heteroatoms. The normalized spacial score (nSPS) is 34.8. The van der Waals surface area contributed by atoms with Crippen LogP contribution in [0.5, 0.6) is 0 Å². The van der Waals surface area contributed by atoms with Gasteiger partial charge in [-0.25, -0.2) is 0 Å². The topological polar surface area (TPSA) is 26.0 Å². The number of hydrogen-bond donors (Lipinski definition) is 1. The lowest BCUT2D eigenvalue weighted by atomic mass is 9.48. The van der Waals surface area contributed by atoms with Crippen molar-refractivity contribution < 1.29 is 0 Å². The molecule has 2 bridgehead atoms. The van der Waals surface area contributed by atoms with Crippen LogP contribution >= 0.6 is 0 Å². The zero-order chi connectivity index (χ0) is 10.6. The molecule has 0 aliphatic heterocycles. The first-order valence-corrected chi connectivity index (χ1v) is 5.78. The molecule has 0 aromatic rings. The third-order valence-corrected chi connectivity index (χ3v) is 4.24. The van der Waals surface area contributed by atoms with E-state index in [-0.39, 0.29) is 5.54 Å². The molecular weight excluding hydrogens is 170 g/mol. The molecule has 3 aliphatic carbocycles. The molecule has 0 radical (unpaired) electrons. The van der Waals surface area contributed by atoms with Gasteiger partial charge in [-0.15, -0.1) is 0 Å². The van der Waals surface area contributed by atoms with E-state index in [9.17, 15) is 0 Å². The highest BCUT2D eigenvalue weighted by molar-refractivity contribution is 5.24. The van der Waals surface area contributed by atoms with E-state index in [0.29, 0.717) is 5.41 Å². The second kappa shape index (κ2) is 2.85. The standard InChI is InChI=1S/C13H23N/c1-12(2,14)8-9-5-6-10-7-11(9)13(10,3)4/h5,10-11H,6-8,14H2,1-4H3. The van der Waals surface area contributed by atoms with Crippen molar-refractivity contribution in [3.8, 4) is 0 Å². The van der Waals surface area contributed by atoms with Gasteiger partial charge in [0.15, 0.2) is 0 Å². The van der Waals surface area contributed by atoms with Gasteiger partial charge in [-0.05, 0) is 50.4 Å². The van der Waals surface area contributed by atoms with Crippen LogP contribution in [0, 0.1) is 17.3 Å². The molecule has 1 nitrogen and oxygen atoms in total. The summed E-state index contributed by atoms with van der Waals surface area (Å²) in [5.41, 5.74) is 8.24. The van der Waals surface area contributed by atoms with E-state index in [1.807, 2.05) is 0 Å². The summed E-state index contributed by atoms with van der Waals surface area (Å²) in [5.74, 6) is 1.77. The molecule has 0 amide bonds. The van der Waals surface area contributed by atoms with E-state index in [4.69, 9.17) is 5.73 Å². The van der Waals surface area contributed by atoms with Gasteiger partial charge in [0.25, 0.3) is 0 Å². The Balaban J connectivity index is 2.11. The molecule has 1 saturated carbocycles. The summed E-state index contributed by atoms with van der Waals surface area (Å²) in [6.45, 7) is 9.10. The van der Waals surface area contributed by atoms with E-state index >= 15 is 0 Å². The van der Waals surface area contributed by atoms with Gasteiger partial charge in [0.2, 0.25) is 0 Å². The molecule has 0 spiro atoms. The fraction of sp³-hybridized carbons (Fsp3) is 0.846. The molecule has 3 aliphatic rings. The van der Waals surface area contributed by atoms with E-state index in [1.54, 1.807) is 5.57 Å². The molecule has 0 heterocycles. The van der Waals surface area contributed by atoms with E-state index in [1.165, 1.54) is 12.8 Å². The van der Waals surface area contributed by atoms with E-state index in [0.717, 1.165) is 18.3 Å². The minimum atomic E-state index is -0.0374. The summed E-state index contributed by atoms with van der Waals surface area (Å²) in [6.07, 6.45) is 6.23. The highest BCUT2D eigenvalue weighted by Crippen LogP contribution is 2.60. The van der Waals surface area contributed by atoms with Crippen LogP contribution in [0.25, 0.3) is 0 Å². The number of fused-ring (bicyclic) bond motifs is 1. The maximum atomic E-state index is 6.09. The number of rotatable bonds is 2. The number of hydrogen-bond acceptors (Lipinski definition) is 1. The average Bonchev–Trinajstić information content (AvgIpc) is 2.00. The first kappa shape index (κ1) is 10.2. The maximum Gasteiger partial charge on any atom is 0.0134 e. The van der Waals surface area contributed by atoms with Crippen LogP contribution in [-0.4, -0.2) is 5.54 Å². The van der Waals surface area contributed by atoms with Crippen LogP contribution in [0.3, 0.4) is 0 Å². The summed E-state index contributed by atoms with van der Waals surface area (Å²) in [4.78, 5) is 0. The Morgan fingerprint density at radius 2 is 2.14 bits per heavy atom. The van der Waals surface area contributed by atoms with Crippen LogP contribution in [-0.2, 0) is 0 Å². The van der Waals surface area contributed by atoms with Gasteiger partial charge >= 0.3 is 0 Å². The number of nitrogens with two attached hydrogens (primary N) is 1. The number of allylic oxidation sites excluding steroid dienone is 1. The third-order valence-electron chi connectivity index (χ3n) is 4.24. The summed E-state index contributed by atoms with van der Waals surface area (Å²) >= 11 is 0. The SMILES string of the molecule is CC(C)(N)CC1=CCC2CC1C2(C)C. The van der Waals surface area contributed by atoms with Gasteiger partial charge in [0.05, 0.1) is 0 Å². The Kier molecular flexibility index (Phi) is 2.08. The minimum absolute atomic E-state index is 0.0374. The first-order valence-electron chi connectivity index (χ1n) is 5.78. The highest BCUT2D eigenvalue weighted by Gasteiger charge is 2.51. The molecule has 2 unspecified atom stereocenters. The predicted octanol–water partition coefficient (Wildman–Crippen LogP) is 3.11. The van der Waals surface area contributed by atoms with Crippen molar-refractivity contribution in [2.24, 2.45) is 23.0 Å². The third kappa shape index (κ3) is 1.52. The minimum Gasteiger partial charge on any atom is -0.325 e. The zero-order valence-electron chi connectivity index (χ0n) is 9.93. The maximum absolute atomic E-state index is 6.09. The Morgan fingerprint density at radius 1 is 1.50 bits per heavy atom. The van der Waals surface area contributed by atoms with E-state index < -0.39 is 0 Å². The van der Waals surface area contributed by atoms with Crippen molar-refractivity contribution in [2.45, 2.75) is 52.5 Å². The highest BCUT2D eigenvalue weighted by atomic mass is 14.7. The molecule has 0 saturated heterocycles. The zero-order valence-corrected chi connectivity index (χ0v) is 9.93. The quantitative estimate of drug-likeness (QED) is 0.670. The van der Waals surface area contributed by atoms with Gasteiger partial charge in [-0.2, -0.15) is 0 Å². The largest absolute Gasteiger partial charge is 0.325 e. The van der Waals surface area contributed by atoms with Crippen LogP contribution in [0.2, 0.25) is 0 Å². The first-order chi connectivity index (χ1) is 6.31. The summed E-state index contributed by atoms with van der Waals surface area (Å²) in [6, 6.07) is 0. The predicted molar refractivity (Wildman–Crippen MR) is 61.0 cm³/mol. The smallest absolute Gasteiger partial charge is 0.0134 e. The molecular formula is C13H23N. The molecule has 2 atom stereocenters. The Hall–Kier alpha value is -0.300. The lowest BCUT2D eigenvalue weighted by Crippen LogP contribution is -2.49. The molecule has 1 fully saturated rings. The molecule has 80 valence electrons. The molecule has 3 rings (SSSR count).